The van der Waals surface area contributed by atoms with E-state index < -0.39 is 0 Å². The molecular weight excluding hydrogens is 283 g/mol. The molecule has 14 heavy (non-hydrogen) atoms. The van der Waals surface area contributed by atoms with Crippen molar-refractivity contribution in [2.75, 3.05) is 0 Å². The second-order valence-corrected chi connectivity index (χ2v) is 4.83. The van der Waals surface area contributed by atoms with Gasteiger partial charge in [0.25, 0.3) is 0 Å². The van der Waals surface area contributed by atoms with Crippen LogP contribution in [0.25, 0.3) is 0 Å². The van der Waals surface area contributed by atoms with Crippen LogP contribution in [0.15, 0.2) is 18.2 Å². The average molecular weight is 302 g/mol. The van der Waals surface area contributed by atoms with E-state index in [1.165, 1.54) is 29.5 Å². The summed E-state index contributed by atoms with van der Waals surface area (Å²) >= 11 is 2.46. The number of aryl methyl sites for hydroxylation is 1. The minimum absolute atomic E-state index is 0.646. The number of hydrogen-bond acceptors (Lipinski definition) is 0. The largest absolute Gasteiger partial charge is 0.0812 e. The van der Waals surface area contributed by atoms with Crippen LogP contribution in [-0.2, 0) is 10.8 Å². The van der Waals surface area contributed by atoms with Crippen molar-refractivity contribution >= 4 is 22.6 Å². The molecule has 0 aliphatic heterocycles. The highest BCUT2D eigenvalue weighted by Gasteiger charge is 2.04. The average Bonchev–Trinajstić information content (AvgIpc) is 2.18. The van der Waals surface area contributed by atoms with E-state index in [4.69, 9.17) is 0 Å². The first-order chi connectivity index (χ1) is 6.69. The van der Waals surface area contributed by atoms with Gasteiger partial charge in [-0.3, -0.25) is 0 Å². The van der Waals surface area contributed by atoms with Crippen molar-refractivity contribution in [3.8, 4) is 0 Å². The van der Waals surface area contributed by atoms with Crippen LogP contribution in [0, 0.1) is 0 Å². The van der Waals surface area contributed by atoms with Gasteiger partial charge in [0.15, 0.2) is 0 Å². The Labute approximate surface area is 101 Å². The highest BCUT2D eigenvalue weighted by molar-refractivity contribution is 14.1. The summed E-state index contributed by atoms with van der Waals surface area (Å²) in [4.78, 5) is 0. The Morgan fingerprint density at radius 1 is 1.21 bits per heavy atom. The third-order valence-electron chi connectivity index (χ3n) is 2.56. The molecule has 1 rings (SSSR count). The number of rotatable bonds is 4. The summed E-state index contributed by atoms with van der Waals surface area (Å²) < 4.78 is 1.13. The number of hydrogen-bond donors (Lipinski definition) is 0. The van der Waals surface area contributed by atoms with Gasteiger partial charge in [-0.2, -0.15) is 0 Å². The van der Waals surface area contributed by atoms with Crippen LogP contribution in [-0.4, -0.2) is 0 Å². The monoisotopic (exact) mass is 302 g/mol. The fourth-order valence-corrected chi connectivity index (χ4v) is 2.35. The van der Waals surface area contributed by atoms with Crippen molar-refractivity contribution in [1.29, 1.82) is 0 Å². The molecule has 1 aromatic rings. The number of halogens is 1. The Hall–Kier alpha value is -0.0500. The first kappa shape index (κ1) is 12.0. The second-order valence-electron chi connectivity index (χ2n) is 4.07. The summed E-state index contributed by atoms with van der Waals surface area (Å²) in [5.41, 5.74) is 4.53. The van der Waals surface area contributed by atoms with Gasteiger partial charge in [-0.25, -0.2) is 0 Å². The molecule has 0 aliphatic carbocycles. The lowest BCUT2D eigenvalue weighted by molar-refractivity contribution is 0.856. The van der Waals surface area contributed by atoms with Gasteiger partial charge in [0, 0.05) is 4.43 Å². The summed E-state index contributed by atoms with van der Waals surface area (Å²) in [6, 6.07) is 6.97. The molecule has 0 fully saturated rings. The molecule has 0 radical (unpaired) electrons. The maximum Gasteiger partial charge on any atom is 0.0249 e. The van der Waals surface area contributed by atoms with Crippen molar-refractivity contribution in [3.63, 3.8) is 0 Å². The van der Waals surface area contributed by atoms with Crippen LogP contribution < -0.4 is 0 Å². The van der Waals surface area contributed by atoms with E-state index in [1.807, 2.05) is 0 Å². The van der Waals surface area contributed by atoms with E-state index in [9.17, 15) is 0 Å². The minimum atomic E-state index is 0.646. The molecule has 0 nitrogen and oxygen atoms in total. The normalized spacial score (nSPS) is 10.9. The van der Waals surface area contributed by atoms with E-state index in [2.05, 4.69) is 61.6 Å². The molecule has 0 unspecified atom stereocenters. The molecule has 1 heteroatoms. The van der Waals surface area contributed by atoms with Crippen molar-refractivity contribution in [1.82, 2.24) is 0 Å². The molecule has 1 aromatic carbocycles. The fourth-order valence-electron chi connectivity index (χ4n) is 1.64. The molecule has 0 atom stereocenters. The van der Waals surface area contributed by atoms with Gasteiger partial charge >= 0.3 is 0 Å². The SMILES string of the molecule is CCCc1ccc(C(C)C)cc1CI. The first-order valence-corrected chi connectivity index (χ1v) is 6.89. The standard InChI is InChI=1S/C13H19I/c1-4-5-11-6-7-12(10(2)3)8-13(11)9-14/h6-8,10H,4-5,9H2,1-3H3. The van der Waals surface area contributed by atoms with Crippen molar-refractivity contribution in [2.45, 2.75) is 44.0 Å². The molecule has 78 valence electrons. The first-order valence-electron chi connectivity index (χ1n) is 5.36. The predicted octanol–water partition coefficient (Wildman–Crippen LogP) is 4.70. The molecule has 0 N–H and O–H groups in total. The van der Waals surface area contributed by atoms with E-state index >= 15 is 0 Å². The third-order valence-corrected chi connectivity index (χ3v) is 3.38. The zero-order chi connectivity index (χ0) is 10.6. The smallest absolute Gasteiger partial charge is 0.0249 e. The van der Waals surface area contributed by atoms with Gasteiger partial charge in [-0.15, -0.1) is 0 Å². The topological polar surface area (TPSA) is 0 Å². The number of benzene rings is 1. The Balaban J connectivity index is 2.98. The Morgan fingerprint density at radius 2 is 1.93 bits per heavy atom. The fraction of sp³-hybridized carbons (Fsp3) is 0.538. The molecule has 0 saturated carbocycles. The van der Waals surface area contributed by atoms with Gasteiger partial charge in [0.1, 0.15) is 0 Å². The lowest BCUT2D eigenvalue weighted by atomic mass is 9.96. The quantitative estimate of drug-likeness (QED) is 0.559. The maximum absolute atomic E-state index is 2.46. The molecule has 0 aliphatic rings. The van der Waals surface area contributed by atoms with Gasteiger partial charge in [-0.05, 0) is 29.0 Å². The van der Waals surface area contributed by atoms with Crippen LogP contribution in [0.2, 0.25) is 0 Å². The summed E-state index contributed by atoms with van der Waals surface area (Å²) in [5.74, 6) is 0.646. The Bertz CT molecular complexity index is 289. The molecule has 0 spiro atoms. The zero-order valence-corrected chi connectivity index (χ0v) is 11.5. The molecule has 0 aromatic heterocycles. The van der Waals surface area contributed by atoms with Gasteiger partial charge in [-0.1, -0.05) is 68.0 Å². The van der Waals surface area contributed by atoms with Crippen LogP contribution in [0.1, 0.15) is 49.8 Å². The lowest BCUT2D eigenvalue weighted by Crippen LogP contribution is -1.95. The highest BCUT2D eigenvalue weighted by Crippen LogP contribution is 2.21. The molecule has 0 bridgehead atoms. The van der Waals surface area contributed by atoms with Crippen LogP contribution in [0.5, 0.6) is 0 Å². The highest BCUT2D eigenvalue weighted by atomic mass is 127. The molecule has 0 saturated heterocycles. The van der Waals surface area contributed by atoms with Gasteiger partial charge in [0.05, 0.1) is 0 Å². The predicted molar refractivity (Wildman–Crippen MR) is 72.3 cm³/mol. The van der Waals surface area contributed by atoms with E-state index in [1.54, 1.807) is 0 Å². The van der Waals surface area contributed by atoms with Crippen molar-refractivity contribution < 1.29 is 0 Å². The molecule has 0 amide bonds. The maximum atomic E-state index is 2.46. The van der Waals surface area contributed by atoms with E-state index in [0.29, 0.717) is 5.92 Å². The van der Waals surface area contributed by atoms with Crippen molar-refractivity contribution in [3.05, 3.63) is 34.9 Å². The lowest BCUT2D eigenvalue weighted by Gasteiger charge is -2.11. The third kappa shape index (κ3) is 2.97. The minimum Gasteiger partial charge on any atom is -0.0812 e. The van der Waals surface area contributed by atoms with Crippen LogP contribution >= 0.6 is 22.6 Å². The molecule has 0 heterocycles. The van der Waals surface area contributed by atoms with Crippen LogP contribution in [0.3, 0.4) is 0 Å². The van der Waals surface area contributed by atoms with Gasteiger partial charge in [0.2, 0.25) is 0 Å². The summed E-state index contributed by atoms with van der Waals surface area (Å²) in [6.07, 6.45) is 2.46. The van der Waals surface area contributed by atoms with Crippen molar-refractivity contribution in [2.24, 2.45) is 0 Å². The van der Waals surface area contributed by atoms with E-state index in [0.717, 1.165) is 4.43 Å². The van der Waals surface area contributed by atoms with Gasteiger partial charge < -0.3 is 0 Å². The summed E-state index contributed by atoms with van der Waals surface area (Å²) in [5, 5.41) is 0. The Morgan fingerprint density at radius 3 is 2.43 bits per heavy atom. The van der Waals surface area contributed by atoms with E-state index in [-0.39, 0.29) is 0 Å². The molecular formula is C13H19I. The van der Waals surface area contributed by atoms with Crippen LogP contribution in [0.4, 0.5) is 0 Å². The summed E-state index contributed by atoms with van der Waals surface area (Å²) in [6.45, 7) is 6.75. The number of alkyl halides is 1. The summed E-state index contributed by atoms with van der Waals surface area (Å²) in [7, 11) is 0. The second kappa shape index (κ2) is 5.74. The zero-order valence-electron chi connectivity index (χ0n) is 9.31. The Kier molecular flexibility index (Phi) is 4.93.